The summed E-state index contributed by atoms with van der Waals surface area (Å²) in [4.78, 5) is 20.7. The van der Waals surface area contributed by atoms with Crippen LogP contribution in [-0.4, -0.2) is 46.8 Å². The Labute approximate surface area is 241 Å². The van der Waals surface area contributed by atoms with E-state index in [1.807, 2.05) is 58.9 Å². The minimum atomic E-state index is -4.67. The highest BCUT2D eigenvalue weighted by molar-refractivity contribution is 6.76. The number of Topliss-reactive ketones (excluding diaryl/α,β-unsaturated/α-hetero) is 1. The Balaban J connectivity index is 1.67. The molecule has 3 rings (SSSR count). The molecule has 41 heavy (non-hydrogen) atoms. The topological polar surface area (TPSA) is 79.1 Å². The zero-order chi connectivity index (χ0) is 30.6. The molecule has 0 N–H and O–H groups in total. The highest BCUT2D eigenvalue weighted by Crippen LogP contribution is 2.31. The molecule has 0 saturated carbocycles. The lowest BCUT2D eigenvalue weighted by Gasteiger charge is -2.27. The first kappa shape index (κ1) is 32.5. The van der Waals surface area contributed by atoms with Crippen molar-refractivity contribution >= 4 is 13.9 Å². The van der Waals surface area contributed by atoms with E-state index in [0.29, 0.717) is 18.8 Å². The summed E-state index contributed by atoms with van der Waals surface area (Å²) < 4.78 is 52.9. The summed E-state index contributed by atoms with van der Waals surface area (Å²) in [5.74, 6) is -0.448. The third-order valence-corrected chi connectivity index (χ3v) is 8.07. The lowest BCUT2D eigenvalue weighted by atomic mass is 9.79. The molecule has 0 bridgehead atoms. The van der Waals surface area contributed by atoms with Gasteiger partial charge in [-0.1, -0.05) is 58.6 Å². The normalized spacial score (nSPS) is 13.0. The number of hydrogen-bond acceptors (Lipinski definition) is 6. The van der Waals surface area contributed by atoms with Gasteiger partial charge < -0.3 is 9.47 Å². The van der Waals surface area contributed by atoms with Crippen LogP contribution in [0.3, 0.4) is 0 Å². The SMILES string of the molecule is CC(C)(C)CC(=O)C(C)(C)COc1ccc(-c2ccc(-c3nc(C(F)(F)F)n(COCC[Si](C)(C)C)n3)nc2)cc1. The third-order valence-electron chi connectivity index (χ3n) is 6.36. The Morgan fingerprint density at radius 2 is 1.59 bits per heavy atom. The van der Waals surface area contributed by atoms with E-state index < -0.39 is 25.5 Å². The largest absolute Gasteiger partial charge is 0.493 e. The molecule has 0 spiro atoms. The van der Waals surface area contributed by atoms with Crippen LogP contribution in [0.2, 0.25) is 25.7 Å². The summed E-state index contributed by atoms with van der Waals surface area (Å²) in [6.07, 6.45) is -2.63. The number of alkyl halides is 3. The molecule has 2 aromatic heterocycles. The van der Waals surface area contributed by atoms with E-state index >= 15 is 0 Å². The van der Waals surface area contributed by atoms with Gasteiger partial charge in [-0.05, 0) is 49.1 Å². The summed E-state index contributed by atoms with van der Waals surface area (Å²) >= 11 is 0. The van der Waals surface area contributed by atoms with Crippen LogP contribution in [0.15, 0.2) is 42.6 Å². The van der Waals surface area contributed by atoms with Gasteiger partial charge in [0, 0.05) is 32.9 Å². The second-order valence-electron chi connectivity index (χ2n) is 13.4. The van der Waals surface area contributed by atoms with Crippen LogP contribution in [0.5, 0.6) is 5.75 Å². The van der Waals surface area contributed by atoms with Crippen molar-refractivity contribution in [3.63, 3.8) is 0 Å². The van der Waals surface area contributed by atoms with Crippen LogP contribution < -0.4 is 4.74 Å². The van der Waals surface area contributed by atoms with Gasteiger partial charge in [-0.3, -0.25) is 9.78 Å². The molecule has 224 valence electrons. The number of ether oxygens (including phenoxy) is 2. The van der Waals surface area contributed by atoms with Crippen molar-refractivity contribution < 1.29 is 27.4 Å². The van der Waals surface area contributed by atoms with Gasteiger partial charge in [0.05, 0.1) is 5.41 Å². The first-order chi connectivity index (χ1) is 18.8. The standard InChI is InChI=1S/C30H41F3N4O3Si/c1-28(2,3)17-25(38)29(4,5)19-40-23-12-9-21(10-13-23)22-11-14-24(34-18-22)26-35-27(30(31,32)33)37(36-26)20-39-15-16-41(6,7)8/h9-14,18H,15-17,19-20H2,1-8H3. The minimum absolute atomic E-state index is 0.0855. The zero-order valence-corrected chi connectivity index (χ0v) is 26.2. The molecule has 0 aliphatic heterocycles. The van der Waals surface area contributed by atoms with Gasteiger partial charge in [0.1, 0.15) is 30.6 Å². The first-order valence-corrected chi connectivity index (χ1v) is 17.4. The van der Waals surface area contributed by atoms with E-state index in [9.17, 15) is 18.0 Å². The number of benzene rings is 1. The molecule has 0 radical (unpaired) electrons. The minimum Gasteiger partial charge on any atom is -0.493 e. The van der Waals surface area contributed by atoms with Crippen molar-refractivity contribution in [1.82, 2.24) is 19.7 Å². The van der Waals surface area contributed by atoms with Crippen molar-refractivity contribution in [2.24, 2.45) is 10.8 Å². The summed E-state index contributed by atoms with van der Waals surface area (Å²) in [5, 5.41) is 4.04. The Morgan fingerprint density at radius 1 is 0.951 bits per heavy atom. The molecule has 11 heteroatoms. The van der Waals surface area contributed by atoms with E-state index in [1.54, 1.807) is 18.3 Å². The Morgan fingerprint density at radius 3 is 2.12 bits per heavy atom. The van der Waals surface area contributed by atoms with Crippen LogP contribution in [-0.2, 0) is 22.4 Å². The molecule has 0 amide bonds. The van der Waals surface area contributed by atoms with Crippen LogP contribution in [0, 0.1) is 10.8 Å². The molecule has 7 nitrogen and oxygen atoms in total. The maximum absolute atomic E-state index is 13.6. The van der Waals surface area contributed by atoms with Gasteiger partial charge in [-0.2, -0.15) is 13.2 Å². The van der Waals surface area contributed by atoms with Gasteiger partial charge in [0.2, 0.25) is 5.82 Å². The summed E-state index contributed by atoms with van der Waals surface area (Å²) in [7, 11) is -1.38. The van der Waals surface area contributed by atoms with E-state index in [-0.39, 0.29) is 36.1 Å². The average Bonchev–Trinajstić information content (AvgIpc) is 3.29. The number of carbonyl (C=O) groups is 1. The van der Waals surface area contributed by atoms with Gasteiger partial charge >= 0.3 is 6.18 Å². The van der Waals surface area contributed by atoms with E-state index in [1.165, 1.54) is 0 Å². The van der Waals surface area contributed by atoms with Crippen LogP contribution in [0.25, 0.3) is 22.6 Å². The van der Waals surface area contributed by atoms with Crippen molar-refractivity contribution in [2.45, 2.75) is 79.6 Å². The number of rotatable bonds is 12. The number of ketones is 1. The molecule has 0 fully saturated rings. The Hall–Kier alpha value is -3.05. The second kappa shape index (κ2) is 12.4. The first-order valence-electron chi connectivity index (χ1n) is 13.7. The fourth-order valence-electron chi connectivity index (χ4n) is 3.79. The molecule has 1 aromatic carbocycles. The maximum atomic E-state index is 13.6. The molecular formula is C30H41F3N4O3Si. The van der Waals surface area contributed by atoms with Crippen molar-refractivity contribution in [3.05, 3.63) is 48.4 Å². The molecule has 0 unspecified atom stereocenters. The predicted octanol–water partition coefficient (Wildman–Crippen LogP) is 7.75. The van der Waals surface area contributed by atoms with Gasteiger partial charge in [-0.15, -0.1) is 5.10 Å². The highest BCUT2D eigenvalue weighted by atomic mass is 28.3. The number of carbonyl (C=O) groups excluding carboxylic acids is 1. The lowest BCUT2D eigenvalue weighted by Crippen LogP contribution is -2.33. The lowest BCUT2D eigenvalue weighted by molar-refractivity contribution is -0.150. The molecular weight excluding hydrogens is 549 g/mol. The van der Waals surface area contributed by atoms with Crippen molar-refractivity contribution in [3.8, 4) is 28.4 Å². The number of pyridine rings is 1. The predicted molar refractivity (Wildman–Crippen MR) is 156 cm³/mol. The number of hydrogen-bond donors (Lipinski definition) is 0. The van der Waals surface area contributed by atoms with Gasteiger partial charge in [0.15, 0.2) is 5.82 Å². The second-order valence-corrected chi connectivity index (χ2v) is 19.0. The van der Waals surface area contributed by atoms with Gasteiger partial charge in [0.25, 0.3) is 0 Å². The van der Waals surface area contributed by atoms with Crippen LogP contribution in [0.1, 0.15) is 46.9 Å². The zero-order valence-electron chi connectivity index (χ0n) is 25.2. The van der Waals surface area contributed by atoms with Crippen molar-refractivity contribution in [1.29, 1.82) is 0 Å². The van der Waals surface area contributed by atoms with E-state index in [2.05, 4.69) is 34.7 Å². The molecule has 0 aliphatic carbocycles. The van der Waals surface area contributed by atoms with Gasteiger partial charge in [-0.25, -0.2) is 9.67 Å². The third kappa shape index (κ3) is 9.77. The summed E-state index contributed by atoms with van der Waals surface area (Å²) in [6.45, 7) is 16.7. The fourth-order valence-corrected chi connectivity index (χ4v) is 4.54. The van der Waals surface area contributed by atoms with E-state index in [0.717, 1.165) is 21.9 Å². The fraction of sp³-hybridized carbons (Fsp3) is 0.533. The number of aromatic nitrogens is 4. The quantitative estimate of drug-likeness (QED) is 0.159. The number of halogens is 3. The van der Waals surface area contributed by atoms with Crippen molar-refractivity contribution in [2.75, 3.05) is 13.2 Å². The Bertz CT molecular complexity index is 1310. The van der Waals surface area contributed by atoms with Crippen LogP contribution in [0.4, 0.5) is 13.2 Å². The summed E-state index contributed by atoms with van der Waals surface area (Å²) in [5.41, 5.74) is 1.15. The van der Waals surface area contributed by atoms with Crippen LogP contribution >= 0.6 is 0 Å². The molecule has 0 atom stereocenters. The maximum Gasteiger partial charge on any atom is 0.451 e. The molecule has 2 heterocycles. The molecule has 0 saturated heterocycles. The Kier molecular flexibility index (Phi) is 9.85. The average molecular weight is 591 g/mol. The number of nitrogens with zero attached hydrogens (tertiary/aromatic N) is 4. The summed E-state index contributed by atoms with van der Waals surface area (Å²) in [6, 6.07) is 11.5. The molecule has 0 aliphatic rings. The van der Waals surface area contributed by atoms with E-state index in [4.69, 9.17) is 9.47 Å². The highest BCUT2D eigenvalue weighted by Gasteiger charge is 2.38. The molecule has 3 aromatic rings. The monoisotopic (exact) mass is 590 g/mol. The smallest absolute Gasteiger partial charge is 0.451 e.